The van der Waals surface area contributed by atoms with Crippen molar-refractivity contribution in [3.8, 4) is 0 Å². The van der Waals surface area contributed by atoms with Crippen LogP contribution in [-0.2, 0) is 4.74 Å². The minimum atomic E-state index is 0.394. The maximum atomic E-state index is 5.83. The smallest absolute Gasteiger partial charge is 0.0538 e. The summed E-state index contributed by atoms with van der Waals surface area (Å²) in [4.78, 5) is 2.70. The molecular weight excluding hydrogens is 210 g/mol. The lowest BCUT2D eigenvalue weighted by atomic mass is 9.77. The Morgan fingerprint density at radius 2 is 1.71 bits per heavy atom. The van der Waals surface area contributed by atoms with E-state index in [4.69, 9.17) is 4.74 Å². The minimum Gasteiger partial charge on any atom is -0.378 e. The summed E-state index contributed by atoms with van der Waals surface area (Å²) < 4.78 is 5.83. The van der Waals surface area contributed by atoms with E-state index in [1.807, 2.05) is 0 Å². The van der Waals surface area contributed by atoms with Crippen LogP contribution >= 0.6 is 0 Å². The summed E-state index contributed by atoms with van der Waals surface area (Å²) in [6.45, 7) is 9.36. The zero-order chi connectivity index (χ0) is 11.9. The molecule has 3 aliphatic rings. The minimum absolute atomic E-state index is 0.394. The van der Waals surface area contributed by atoms with Gasteiger partial charge in [-0.05, 0) is 44.9 Å². The molecule has 1 spiro atoms. The van der Waals surface area contributed by atoms with Gasteiger partial charge in [-0.25, -0.2) is 0 Å². The summed E-state index contributed by atoms with van der Waals surface area (Å²) in [5, 5.41) is 0. The summed E-state index contributed by atoms with van der Waals surface area (Å²) >= 11 is 0. The van der Waals surface area contributed by atoms with Gasteiger partial charge >= 0.3 is 0 Å². The van der Waals surface area contributed by atoms with Crippen LogP contribution in [-0.4, -0.2) is 37.2 Å². The van der Waals surface area contributed by atoms with Crippen LogP contribution in [0.1, 0.15) is 52.4 Å². The van der Waals surface area contributed by atoms with Gasteiger partial charge in [0.2, 0.25) is 0 Å². The van der Waals surface area contributed by atoms with Crippen molar-refractivity contribution >= 4 is 0 Å². The molecule has 2 saturated carbocycles. The van der Waals surface area contributed by atoms with E-state index in [1.54, 1.807) is 0 Å². The van der Waals surface area contributed by atoms with Crippen molar-refractivity contribution in [3.05, 3.63) is 0 Å². The van der Waals surface area contributed by atoms with E-state index in [1.165, 1.54) is 58.2 Å². The summed E-state index contributed by atoms with van der Waals surface area (Å²) in [7, 11) is 0. The Hall–Kier alpha value is -0.0800. The van der Waals surface area contributed by atoms with E-state index in [9.17, 15) is 0 Å². The Morgan fingerprint density at radius 3 is 2.24 bits per heavy atom. The van der Waals surface area contributed by atoms with Gasteiger partial charge in [0.25, 0.3) is 0 Å². The van der Waals surface area contributed by atoms with Crippen LogP contribution in [0.4, 0.5) is 0 Å². The van der Waals surface area contributed by atoms with Crippen molar-refractivity contribution in [2.45, 2.75) is 58.5 Å². The van der Waals surface area contributed by atoms with E-state index in [2.05, 4.69) is 18.7 Å². The van der Waals surface area contributed by atoms with Gasteiger partial charge in [0.05, 0.1) is 12.7 Å². The fraction of sp³-hybridized carbons (Fsp3) is 1.00. The summed E-state index contributed by atoms with van der Waals surface area (Å²) in [6, 6.07) is 0. The number of likely N-dealkylation sites (tertiary alicyclic amines) is 1. The second-order valence-electron chi connectivity index (χ2n) is 7.21. The molecule has 0 bridgehead atoms. The molecule has 3 fully saturated rings. The average molecular weight is 237 g/mol. The third-order valence-electron chi connectivity index (χ3n) is 5.02. The zero-order valence-electron chi connectivity index (χ0n) is 11.5. The van der Waals surface area contributed by atoms with Gasteiger partial charge in [0.15, 0.2) is 0 Å². The van der Waals surface area contributed by atoms with Crippen LogP contribution < -0.4 is 0 Å². The highest BCUT2D eigenvalue weighted by atomic mass is 16.5. The average Bonchev–Trinajstić information content (AvgIpc) is 2.81. The molecule has 0 N–H and O–H groups in total. The second-order valence-corrected chi connectivity index (χ2v) is 7.21. The molecule has 0 radical (unpaired) electrons. The number of hydrogen-bond donors (Lipinski definition) is 0. The van der Waals surface area contributed by atoms with E-state index >= 15 is 0 Å². The molecule has 1 saturated heterocycles. The molecule has 0 aromatic carbocycles. The highest BCUT2D eigenvalue weighted by molar-refractivity contribution is 5.03. The van der Waals surface area contributed by atoms with Gasteiger partial charge in [-0.15, -0.1) is 0 Å². The monoisotopic (exact) mass is 237 g/mol. The first-order valence-corrected chi connectivity index (χ1v) is 7.46. The van der Waals surface area contributed by atoms with Gasteiger partial charge in [0.1, 0.15) is 0 Å². The Kier molecular flexibility index (Phi) is 2.99. The fourth-order valence-corrected chi connectivity index (χ4v) is 3.80. The maximum absolute atomic E-state index is 5.83. The zero-order valence-corrected chi connectivity index (χ0v) is 11.5. The molecule has 2 heteroatoms. The predicted molar refractivity (Wildman–Crippen MR) is 70.1 cm³/mol. The van der Waals surface area contributed by atoms with Gasteiger partial charge in [-0.1, -0.05) is 12.8 Å². The topological polar surface area (TPSA) is 12.5 Å². The molecule has 3 rings (SSSR count). The van der Waals surface area contributed by atoms with Crippen LogP contribution in [0.5, 0.6) is 0 Å². The van der Waals surface area contributed by atoms with Crippen molar-refractivity contribution in [3.63, 3.8) is 0 Å². The lowest BCUT2D eigenvalue weighted by Gasteiger charge is -2.49. The highest BCUT2D eigenvalue weighted by Gasteiger charge is 2.50. The molecule has 0 aromatic heterocycles. The lowest BCUT2D eigenvalue weighted by molar-refractivity contribution is -0.0306. The van der Waals surface area contributed by atoms with Crippen LogP contribution in [0.15, 0.2) is 0 Å². The summed E-state index contributed by atoms with van der Waals surface area (Å²) in [5.74, 6) is 0. The van der Waals surface area contributed by atoms with Crippen LogP contribution in [0.3, 0.4) is 0 Å². The molecule has 0 aromatic rings. The van der Waals surface area contributed by atoms with Gasteiger partial charge in [-0.3, -0.25) is 0 Å². The molecule has 1 heterocycles. The maximum Gasteiger partial charge on any atom is 0.0538 e. The first-order valence-electron chi connectivity index (χ1n) is 7.46. The molecule has 0 unspecified atom stereocenters. The Balaban J connectivity index is 1.43. The molecule has 1 aliphatic heterocycles. The molecule has 2 nitrogen and oxygen atoms in total. The number of rotatable bonds is 5. The molecule has 17 heavy (non-hydrogen) atoms. The van der Waals surface area contributed by atoms with E-state index in [-0.39, 0.29) is 0 Å². The largest absolute Gasteiger partial charge is 0.378 e. The van der Waals surface area contributed by atoms with E-state index in [0.29, 0.717) is 11.5 Å². The summed E-state index contributed by atoms with van der Waals surface area (Å²) in [6.07, 6.45) is 9.14. The molecule has 98 valence electrons. The van der Waals surface area contributed by atoms with Gasteiger partial charge in [-0.2, -0.15) is 0 Å². The molecular formula is C15H27NO. The predicted octanol–water partition coefficient (Wildman–Crippen LogP) is 3.07. The lowest BCUT2D eigenvalue weighted by Crippen LogP contribution is -2.56. The Morgan fingerprint density at radius 1 is 1.06 bits per heavy atom. The molecule has 0 atom stereocenters. The van der Waals surface area contributed by atoms with Crippen molar-refractivity contribution in [2.24, 2.45) is 10.8 Å². The second kappa shape index (κ2) is 4.24. The van der Waals surface area contributed by atoms with Crippen LogP contribution in [0.25, 0.3) is 0 Å². The molecule has 0 amide bonds. The Bertz CT molecular complexity index is 269. The number of ether oxygens (including phenoxy) is 1. The fourth-order valence-electron chi connectivity index (χ4n) is 3.80. The van der Waals surface area contributed by atoms with Gasteiger partial charge in [0, 0.05) is 25.0 Å². The third-order valence-corrected chi connectivity index (χ3v) is 5.02. The van der Waals surface area contributed by atoms with E-state index < -0.39 is 0 Å². The van der Waals surface area contributed by atoms with Crippen molar-refractivity contribution in [1.29, 1.82) is 0 Å². The standard InChI is InChI=1S/C15H27NO/c1-13(2)17-12-15(7-8-15)11-16-9-14(10-16)5-3-4-6-14/h13H,3-12H2,1-2H3. The Labute approximate surface area is 106 Å². The highest BCUT2D eigenvalue weighted by Crippen LogP contribution is 2.51. The number of hydrogen-bond acceptors (Lipinski definition) is 2. The van der Waals surface area contributed by atoms with E-state index in [0.717, 1.165) is 12.0 Å². The third kappa shape index (κ3) is 2.53. The first-order chi connectivity index (χ1) is 8.12. The summed E-state index contributed by atoms with van der Waals surface area (Å²) in [5.41, 5.74) is 1.31. The normalized spacial score (nSPS) is 29.8. The molecule has 2 aliphatic carbocycles. The van der Waals surface area contributed by atoms with Crippen LogP contribution in [0.2, 0.25) is 0 Å². The van der Waals surface area contributed by atoms with Crippen molar-refractivity contribution in [2.75, 3.05) is 26.2 Å². The van der Waals surface area contributed by atoms with Crippen molar-refractivity contribution < 1.29 is 4.74 Å². The SMILES string of the molecule is CC(C)OCC1(CN2CC3(CCCC3)C2)CC1. The quantitative estimate of drug-likeness (QED) is 0.728. The van der Waals surface area contributed by atoms with Crippen LogP contribution in [0, 0.1) is 10.8 Å². The van der Waals surface area contributed by atoms with Gasteiger partial charge < -0.3 is 9.64 Å². The van der Waals surface area contributed by atoms with Crippen molar-refractivity contribution in [1.82, 2.24) is 4.90 Å². The first kappa shape index (κ1) is 12.0. The number of nitrogens with zero attached hydrogens (tertiary/aromatic N) is 1.